The second-order valence-electron chi connectivity index (χ2n) is 3.78. The van der Waals surface area contributed by atoms with Crippen LogP contribution in [-0.2, 0) is 4.74 Å². The second kappa shape index (κ2) is 6.53. The largest absolute Gasteiger partial charge is 0.385 e. The summed E-state index contributed by atoms with van der Waals surface area (Å²) in [6.07, 6.45) is 2.88. The van der Waals surface area contributed by atoms with Crippen LogP contribution in [0.4, 0.5) is 0 Å². The van der Waals surface area contributed by atoms with Crippen molar-refractivity contribution in [1.82, 2.24) is 10.3 Å². The highest BCUT2D eigenvalue weighted by molar-refractivity contribution is 5.09. The topological polar surface area (TPSA) is 34.2 Å². The maximum absolute atomic E-state index is 5.09. The van der Waals surface area contributed by atoms with Crippen LogP contribution in [0.2, 0.25) is 0 Å². The molecule has 3 heteroatoms. The summed E-state index contributed by atoms with van der Waals surface area (Å²) in [7, 11) is 3.71. The Morgan fingerprint density at radius 1 is 1.47 bits per heavy atom. The third kappa shape index (κ3) is 3.61. The predicted octanol–water partition coefficient (Wildman–Crippen LogP) is 2.01. The van der Waals surface area contributed by atoms with Gasteiger partial charge in [-0.25, -0.2) is 0 Å². The van der Waals surface area contributed by atoms with E-state index < -0.39 is 0 Å². The van der Waals surface area contributed by atoms with Crippen molar-refractivity contribution >= 4 is 0 Å². The molecule has 1 N–H and O–H groups in total. The monoisotopic (exact) mass is 208 g/mol. The molecule has 84 valence electrons. The smallest absolute Gasteiger partial charge is 0.0575 e. The van der Waals surface area contributed by atoms with Crippen LogP contribution >= 0.6 is 0 Å². The van der Waals surface area contributed by atoms with Crippen LogP contribution in [0.1, 0.15) is 25.1 Å². The van der Waals surface area contributed by atoms with E-state index in [1.54, 1.807) is 7.11 Å². The minimum absolute atomic E-state index is 0.307. The van der Waals surface area contributed by atoms with E-state index in [0.717, 1.165) is 18.7 Å². The molecule has 15 heavy (non-hydrogen) atoms. The molecule has 0 aliphatic rings. The first-order valence-corrected chi connectivity index (χ1v) is 5.36. The van der Waals surface area contributed by atoms with E-state index in [1.165, 1.54) is 0 Å². The Labute approximate surface area is 91.9 Å². The van der Waals surface area contributed by atoms with Gasteiger partial charge >= 0.3 is 0 Å². The van der Waals surface area contributed by atoms with Crippen molar-refractivity contribution in [3.05, 3.63) is 30.1 Å². The fourth-order valence-electron chi connectivity index (χ4n) is 1.75. The predicted molar refractivity (Wildman–Crippen MR) is 61.7 cm³/mol. The lowest BCUT2D eigenvalue weighted by molar-refractivity contribution is 0.171. The van der Waals surface area contributed by atoms with E-state index in [2.05, 4.69) is 23.3 Å². The maximum Gasteiger partial charge on any atom is 0.0575 e. The highest BCUT2D eigenvalue weighted by Crippen LogP contribution is 2.22. The van der Waals surface area contributed by atoms with Gasteiger partial charge in [0.05, 0.1) is 11.7 Å². The SMILES string of the molecule is CNC(c1ccccn1)C(C)CCOC. The molecular weight excluding hydrogens is 188 g/mol. The molecule has 0 aromatic carbocycles. The molecule has 0 saturated heterocycles. The Hall–Kier alpha value is -0.930. The molecule has 2 atom stereocenters. The summed E-state index contributed by atoms with van der Waals surface area (Å²) in [5.74, 6) is 0.518. The number of aromatic nitrogens is 1. The molecule has 0 aliphatic heterocycles. The highest BCUT2D eigenvalue weighted by Gasteiger charge is 2.17. The molecule has 0 amide bonds. The standard InChI is InChI=1S/C12H20N2O/c1-10(7-9-15-3)12(13-2)11-6-4-5-8-14-11/h4-6,8,10,12-13H,7,9H2,1-3H3. The number of ether oxygens (including phenoxy) is 1. The average Bonchev–Trinajstić information content (AvgIpc) is 2.29. The summed E-state index contributed by atoms with van der Waals surface area (Å²) in [4.78, 5) is 4.38. The highest BCUT2D eigenvalue weighted by atomic mass is 16.5. The summed E-state index contributed by atoms with van der Waals surface area (Å²) in [6, 6.07) is 6.33. The van der Waals surface area contributed by atoms with Gasteiger partial charge in [-0.1, -0.05) is 13.0 Å². The van der Waals surface area contributed by atoms with Crippen molar-refractivity contribution < 1.29 is 4.74 Å². The number of nitrogens with one attached hydrogen (secondary N) is 1. The van der Waals surface area contributed by atoms with Crippen LogP contribution in [0.5, 0.6) is 0 Å². The van der Waals surface area contributed by atoms with Crippen molar-refractivity contribution in [2.24, 2.45) is 5.92 Å². The van der Waals surface area contributed by atoms with Crippen molar-refractivity contribution in [2.45, 2.75) is 19.4 Å². The van der Waals surface area contributed by atoms with Crippen molar-refractivity contribution in [3.63, 3.8) is 0 Å². The first-order valence-electron chi connectivity index (χ1n) is 5.36. The van der Waals surface area contributed by atoms with Crippen LogP contribution in [0.3, 0.4) is 0 Å². The van der Waals surface area contributed by atoms with Gasteiger partial charge in [0.25, 0.3) is 0 Å². The molecule has 3 nitrogen and oxygen atoms in total. The van der Waals surface area contributed by atoms with E-state index in [0.29, 0.717) is 12.0 Å². The maximum atomic E-state index is 5.09. The van der Waals surface area contributed by atoms with E-state index in [-0.39, 0.29) is 0 Å². The molecule has 1 aromatic heterocycles. The Kier molecular flexibility index (Phi) is 5.29. The summed E-state index contributed by atoms with van der Waals surface area (Å²) < 4.78 is 5.09. The normalized spacial score (nSPS) is 14.9. The molecule has 0 saturated carbocycles. The fraction of sp³-hybridized carbons (Fsp3) is 0.583. The second-order valence-corrected chi connectivity index (χ2v) is 3.78. The summed E-state index contributed by atoms with van der Waals surface area (Å²) in [5.41, 5.74) is 1.10. The lowest BCUT2D eigenvalue weighted by Gasteiger charge is -2.22. The van der Waals surface area contributed by atoms with Gasteiger partial charge in [-0.15, -0.1) is 0 Å². The molecule has 1 rings (SSSR count). The van der Waals surface area contributed by atoms with E-state index in [1.807, 2.05) is 25.4 Å². The Balaban J connectivity index is 2.63. The summed E-state index contributed by atoms with van der Waals surface area (Å²) >= 11 is 0. The number of pyridine rings is 1. The first-order chi connectivity index (χ1) is 7.29. The van der Waals surface area contributed by atoms with Gasteiger partial charge < -0.3 is 10.1 Å². The minimum atomic E-state index is 0.307. The third-order valence-electron chi connectivity index (χ3n) is 2.66. The lowest BCUT2D eigenvalue weighted by atomic mass is 9.95. The Morgan fingerprint density at radius 2 is 2.27 bits per heavy atom. The number of rotatable bonds is 6. The minimum Gasteiger partial charge on any atom is -0.385 e. The summed E-state index contributed by atoms with van der Waals surface area (Å²) in [5, 5.41) is 3.31. The molecular formula is C12H20N2O. The zero-order valence-corrected chi connectivity index (χ0v) is 9.73. The fourth-order valence-corrected chi connectivity index (χ4v) is 1.75. The molecule has 0 fully saturated rings. The van der Waals surface area contributed by atoms with Gasteiger partial charge in [-0.05, 0) is 31.5 Å². The van der Waals surface area contributed by atoms with Crippen LogP contribution in [0.25, 0.3) is 0 Å². The van der Waals surface area contributed by atoms with E-state index >= 15 is 0 Å². The van der Waals surface area contributed by atoms with Gasteiger partial charge in [0.1, 0.15) is 0 Å². The van der Waals surface area contributed by atoms with Gasteiger partial charge in [0, 0.05) is 19.9 Å². The first kappa shape index (κ1) is 12.1. The molecule has 1 aromatic rings. The van der Waals surface area contributed by atoms with Gasteiger partial charge in [0.2, 0.25) is 0 Å². The lowest BCUT2D eigenvalue weighted by Crippen LogP contribution is -2.25. The van der Waals surface area contributed by atoms with Gasteiger partial charge in [0.15, 0.2) is 0 Å². The van der Waals surface area contributed by atoms with Crippen LogP contribution in [0, 0.1) is 5.92 Å². The average molecular weight is 208 g/mol. The van der Waals surface area contributed by atoms with Crippen LogP contribution in [0.15, 0.2) is 24.4 Å². The van der Waals surface area contributed by atoms with Gasteiger partial charge in [-0.3, -0.25) is 4.98 Å². The Bertz CT molecular complexity index is 264. The van der Waals surface area contributed by atoms with Crippen molar-refractivity contribution in [3.8, 4) is 0 Å². The van der Waals surface area contributed by atoms with E-state index in [9.17, 15) is 0 Å². The molecule has 2 unspecified atom stereocenters. The number of methoxy groups -OCH3 is 1. The number of hydrogen-bond acceptors (Lipinski definition) is 3. The van der Waals surface area contributed by atoms with Crippen LogP contribution in [-0.4, -0.2) is 25.7 Å². The summed E-state index contributed by atoms with van der Waals surface area (Å²) in [6.45, 7) is 3.01. The molecule has 0 spiro atoms. The number of hydrogen-bond donors (Lipinski definition) is 1. The van der Waals surface area contributed by atoms with Crippen LogP contribution < -0.4 is 5.32 Å². The molecule has 0 aliphatic carbocycles. The van der Waals surface area contributed by atoms with Crippen molar-refractivity contribution in [1.29, 1.82) is 0 Å². The van der Waals surface area contributed by atoms with Gasteiger partial charge in [-0.2, -0.15) is 0 Å². The van der Waals surface area contributed by atoms with Crippen molar-refractivity contribution in [2.75, 3.05) is 20.8 Å². The van der Waals surface area contributed by atoms with E-state index in [4.69, 9.17) is 4.74 Å². The Morgan fingerprint density at radius 3 is 2.80 bits per heavy atom. The number of nitrogens with zero attached hydrogens (tertiary/aromatic N) is 1. The molecule has 1 heterocycles. The zero-order valence-electron chi connectivity index (χ0n) is 9.73. The molecule has 0 bridgehead atoms. The zero-order chi connectivity index (χ0) is 11.1. The molecule has 0 radical (unpaired) electrons. The quantitative estimate of drug-likeness (QED) is 0.776. The third-order valence-corrected chi connectivity index (χ3v) is 2.66.